The van der Waals surface area contributed by atoms with Gasteiger partial charge in [0.1, 0.15) is 17.2 Å². The molecule has 10 heteroatoms. The molecule has 0 aliphatic heterocycles. The lowest BCUT2D eigenvalue weighted by Crippen LogP contribution is -2.30. The molecule has 2 N–H and O–H groups in total. The standard InChI is InChI=1S/C24H25ClN2O6S/c1-31-19-7-3-17(4-8-19)13-14-26-24(28)16-33-23-12-11-21(15-22(23)25)34(29,30)27-18-5-9-20(32-2)10-6-18/h3-12,15,27H,13-14,16H2,1-2H3,(H,26,28). The minimum absolute atomic E-state index is 0.0374. The van der Waals surface area contributed by atoms with Crippen LogP contribution < -0.4 is 24.2 Å². The topological polar surface area (TPSA) is 103 Å². The van der Waals surface area contributed by atoms with Gasteiger partial charge in [-0.3, -0.25) is 9.52 Å². The molecule has 0 saturated carbocycles. The van der Waals surface area contributed by atoms with Crippen LogP contribution in [0.3, 0.4) is 0 Å². The summed E-state index contributed by atoms with van der Waals surface area (Å²) in [6.07, 6.45) is 0.657. The van der Waals surface area contributed by atoms with E-state index in [1.807, 2.05) is 24.3 Å². The van der Waals surface area contributed by atoms with E-state index < -0.39 is 10.0 Å². The lowest BCUT2D eigenvalue weighted by Gasteiger charge is -2.12. The molecule has 3 aromatic rings. The van der Waals surface area contributed by atoms with E-state index >= 15 is 0 Å². The number of carbonyl (C=O) groups is 1. The summed E-state index contributed by atoms with van der Waals surface area (Å²) in [6, 6.07) is 18.1. The monoisotopic (exact) mass is 504 g/mol. The van der Waals surface area contributed by atoms with Crippen molar-refractivity contribution in [1.29, 1.82) is 0 Å². The van der Waals surface area contributed by atoms with Crippen molar-refractivity contribution in [2.75, 3.05) is 32.1 Å². The van der Waals surface area contributed by atoms with E-state index in [-0.39, 0.29) is 28.2 Å². The number of carbonyl (C=O) groups excluding carboxylic acids is 1. The number of nitrogens with one attached hydrogen (secondary N) is 2. The molecule has 0 aliphatic carbocycles. The molecule has 0 saturated heterocycles. The van der Waals surface area contributed by atoms with Crippen LogP contribution in [-0.2, 0) is 21.2 Å². The first-order valence-electron chi connectivity index (χ1n) is 10.3. The van der Waals surface area contributed by atoms with Crippen molar-refractivity contribution < 1.29 is 27.4 Å². The van der Waals surface area contributed by atoms with Crippen molar-refractivity contribution in [1.82, 2.24) is 5.32 Å². The molecule has 0 bridgehead atoms. The number of ether oxygens (including phenoxy) is 3. The van der Waals surface area contributed by atoms with Gasteiger partial charge in [-0.05, 0) is 66.6 Å². The zero-order chi connectivity index (χ0) is 24.6. The van der Waals surface area contributed by atoms with Crippen LogP contribution in [0.1, 0.15) is 5.56 Å². The number of hydrogen-bond donors (Lipinski definition) is 2. The summed E-state index contributed by atoms with van der Waals surface area (Å²) < 4.78 is 43.4. The molecule has 0 spiro atoms. The average molecular weight is 505 g/mol. The van der Waals surface area contributed by atoms with Crippen molar-refractivity contribution in [3.8, 4) is 17.2 Å². The summed E-state index contributed by atoms with van der Waals surface area (Å²) in [5, 5.41) is 2.84. The normalized spacial score (nSPS) is 10.9. The molecule has 0 heterocycles. The number of sulfonamides is 1. The molecule has 8 nitrogen and oxygen atoms in total. The van der Waals surface area contributed by atoms with Gasteiger partial charge in [0.15, 0.2) is 6.61 Å². The number of rotatable bonds is 11. The summed E-state index contributed by atoms with van der Waals surface area (Å²) >= 11 is 6.19. The summed E-state index contributed by atoms with van der Waals surface area (Å²) in [6.45, 7) is 0.189. The fraction of sp³-hybridized carbons (Fsp3) is 0.208. The molecule has 180 valence electrons. The number of benzene rings is 3. The van der Waals surface area contributed by atoms with Crippen LogP contribution >= 0.6 is 11.6 Å². The first-order chi connectivity index (χ1) is 16.3. The third-order valence-electron chi connectivity index (χ3n) is 4.81. The van der Waals surface area contributed by atoms with E-state index in [1.54, 1.807) is 31.4 Å². The van der Waals surface area contributed by atoms with E-state index in [2.05, 4.69) is 10.0 Å². The highest BCUT2D eigenvalue weighted by Gasteiger charge is 2.17. The van der Waals surface area contributed by atoms with Gasteiger partial charge < -0.3 is 19.5 Å². The Hall–Kier alpha value is -3.43. The van der Waals surface area contributed by atoms with Crippen LogP contribution in [0, 0.1) is 0 Å². The Kier molecular flexibility index (Phi) is 8.61. The highest BCUT2D eigenvalue weighted by Crippen LogP contribution is 2.28. The number of anilines is 1. The second-order valence-electron chi connectivity index (χ2n) is 7.16. The molecule has 0 aromatic heterocycles. The van der Waals surface area contributed by atoms with Crippen LogP contribution in [0.15, 0.2) is 71.6 Å². The fourth-order valence-electron chi connectivity index (χ4n) is 2.97. The molecule has 1 amide bonds. The van der Waals surface area contributed by atoms with E-state index in [0.29, 0.717) is 24.4 Å². The Morgan fingerprint density at radius 1 is 0.912 bits per heavy atom. The van der Waals surface area contributed by atoms with E-state index in [1.165, 1.54) is 25.3 Å². The van der Waals surface area contributed by atoms with Gasteiger partial charge in [-0.1, -0.05) is 23.7 Å². The molecule has 0 aliphatic rings. The van der Waals surface area contributed by atoms with Gasteiger partial charge in [-0.2, -0.15) is 0 Å². The average Bonchev–Trinajstić information content (AvgIpc) is 2.84. The first-order valence-corrected chi connectivity index (χ1v) is 12.2. The van der Waals surface area contributed by atoms with E-state index in [4.69, 9.17) is 25.8 Å². The minimum atomic E-state index is -3.86. The van der Waals surface area contributed by atoms with Gasteiger partial charge in [0.25, 0.3) is 15.9 Å². The first kappa shape index (κ1) is 25.2. The highest BCUT2D eigenvalue weighted by atomic mass is 35.5. The Balaban J connectivity index is 1.51. The van der Waals surface area contributed by atoms with Crippen molar-refractivity contribution in [3.05, 3.63) is 77.3 Å². The van der Waals surface area contributed by atoms with Gasteiger partial charge in [-0.15, -0.1) is 0 Å². The molecule has 0 radical (unpaired) electrons. The Labute approximate surface area is 203 Å². The molecule has 0 atom stereocenters. The Morgan fingerprint density at radius 2 is 1.53 bits per heavy atom. The maximum atomic E-state index is 12.6. The third kappa shape index (κ3) is 7.03. The van der Waals surface area contributed by atoms with Gasteiger partial charge >= 0.3 is 0 Å². The smallest absolute Gasteiger partial charge is 0.261 e. The second-order valence-corrected chi connectivity index (χ2v) is 9.25. The maximum Gasteiger partial charge on any atom is 0.261 e. The van der Waals surface area contributed by atoms with Crippen LogP contribution in [0.4, 0.5) is 5.69 Å². The summed E-state index contributed by atoms with van der Waals surface area (Å²) in [5.74, 6) is 1.27. The molecular weight excluding hydrogens is 480 g/mol. The largest absolute Gasteiger partial charge is 0.497 e. The lowest BCUT2D eigenvalue weighted by atomic mass is 10.1. The van der Waals surface area contributed by atoms with Crippen molar-refractivity contribution >= 4 is 33.2 Å². The van der Waals surface area contributed by atoms with Crippen LogP contribution in [-0.4, -0.2) is 41.7 Å². The van der Waals surface area contributed by atoms with Gasteiger partial charge in [0, 0.05) is 12.2 Å². The quantitative estimate of drug-likeness (QED) is 0.410. The molecule has 0 fully saturated rings. The van der Waals surface area contributed by atoms with Crippen LogP contribution in [0.2, 0.25) is 5.02 Å². The second kappa shape index (κ2) is 11.6. The molecule has 0 unspecified atom stereocenters. The Morgan fingerprint density at radius 3 is 2.12 bits per heavy atom. The lowest BCUT2D eigenvalue weighted by molar-refractivity contribution is -0.123. The van der Waals surface area contributed by atoms with Gasteiger partial charge in [0.05, 0.1) is 24.1 Å². The number of amides is 1. The summed E-state index contributed by atoms with van der Waals surface area (Å²) in [7, 11) is -0.735. The van der Waals surface area contributed by atoms with Crippen LogP contribution in [0.5, 0.6) is 17.2 Å². The maximum absolute atomic E-state index is 12.6. The van der Waals surface area contributed by atoms with Crippen molar-refractivity contribution in [2.45, 2.75) is 11.3 Å². The number of methoxy groups -OCH3 is 2. The minimum Gasteiger partial charge on any atom is -0.497 e. The van der Waals surface area contributed by atoms with Crippen LogP contribution in [0.25, 0.3) is 0 Å². The highest BCUT2D eigenvalue weighted by molar-refractivity contribution is 7.92. The number of hydrogen-bond acceptors (Lipinski definition) is 6. The zero-order valence-electron chi connectivity index (χ0n) is 18.7. The number of halogens is 1. The SMILES string of the molecule is COc1ccc(CCNC(=O)COc2ccc(S(=O)(=O)Nc3ccc(OC)cc3)cc2Cl)cc1. The molecule has 3 rings (SSSR count). The fourth-order valence-corrected chi connectivity index (χ4v) is 4.36. The van der Waals surface area contributed by atoms with Gasteiger partial charge in [-0.25, -0.2) is 8.42 Å². The molecule has 34 heavy (non-hydrogen) atoms. The van der Waals surface area contributed by atoms with E-state index in [0.717, 1.165) is 11.3 Å². The van der Waals surface area contributed by atoms with Crippen molar-refractivity contribution in [2.24, 2.45) is 0 Å². The summed E-state index contributed by atoms with van der Waals surface area (Å²) in [5.41, 5.74) is 1.44. The molecule has 3 aromatic carbocycles. The zero-order valence-corrected chi connectivity index (χ0v) is 20.3. The summed E-state index contributed by atoms with van der Waals surface area (Å²) in [4.78, 5) is 12.0. The molecular formula is C24H25ClN2O6S. The van der Waals surface area contributed by atoms with E-state index in [9.17, 15) is 13.2 Å². The predicted octanol–water partition coefficient (Wildman–Crippen LogP) is 3.90. The third-order valence-corrected chi connectivity index (χ3v) is 6.48. The van der Waals surface area contributed by atoms with Crippen molar-refractivity contribution in [3.63, 3.8) is 0 Å². The van der Waals surface area contributed by atoms with Gasteiger partial charge in [0.2, 0.25) is 0 Å². The Bertz CT molecular complexity index is 1220. The predicted molar refractivity (Wildman–Crippen MR) is 130 cm³/mol.